The second-order valence-corrected chi connectivity index (χ2v) is 2.37. The van der Waals surface area contributed by atoms with Crippen LogP contribution in [0.3, 0.4) is 0 Å². The van der Waals surface area contributed by atoms with E-state index in [1.54, 1.807) is 0 Å². The van der Waals surface area contributed by atoms with Gasteiger partial charge in [-0.3, -0.25) is 0 Å². The van der Waals surface area contributed by atoms with Crippen LogP contribution in [0.5, 0.6) is 0 Å². The molecule has 0 aromatic heterocycles. The van der Waals surface area contributed by atoms with E-state index in [1.165, 1.54) is 5.57 Å². The molecule has 0 aromatic rings. The lowest BCUT2D eigenvalue weighted by Crippen LogP contribution is -1.93. The molecular weight excluding hydrogens is 124 g/mol. The van der Waals surface area contributed by atoms with Crippen molar-refractivity contribution in [2.24, 2.45) is 0 Å². The highest BCUT2D eigenvalue weighted by molar-refractivity contribution is 5.40. The maximum atomic E-state index is 8.63. The van der Waals surface area contributed by atoms with E-state index in [0.29, 0.717) is 0 Å². The molecule has 1 aliphatic carbocycles. The first-order valence-corrected chi connectivity index (χ1v) is 3.50. The van der Waals surface area contributed by atoms with Gasteiger partial charge in [0.2, 0.25) is 0 Å². The van der Waals surface area contributed by atoms with Crippen LogP contribution in [-0.4, -0.2) is 11.7 Å². The van der Waals surface area contributed by atoms with Crippen LogP contribution in [0, 0.1) is 0 Å². The fourth-order valence-corrected chi connectivity index (χ4v) is 1.04. The van der Waals surface area contributed by atoms with Crippen LogP contribution in [0.2, 0.25) is 0 Å². The average molecular weight is 136 g/mol. The highest BCUT2D eigenvalue weighted by Crippen LogP contribution is 2.18. The topological polar surface area (TPSA) is 20.2 Å². The molecule has 54 valence electrons. The summed E-state index contributed by atoms with van der Waals surface area (Å²) in [4.78, 5) is 0. The lowest BCUT2D eigenvalue weighted by Gasteiger charge is -2.08. The quantitative estimate of drug-likeness (QED) is 0.613. The molecule has 1 N–H and O–H groups in total. The summed E-state index contributed by atoms with van der Waals surface area (Å²) >= 11 is 0. The largest absolute Gasteiger partial charge is 0.396 e. The Morgan fingerprint density at radius 3 is 3.00 bits per heavy atom. The van der Waals surface area contributed by atoms with E-state index in [-0.39, 0.29) is 6.61 Å². The van der Waals surface area contributed by atoms with Gasteiger partial charge in [-0.1, -0.05) is 24.8 Å². The summed E-state index contributed by atoms with van der Waals surface area (Å²) < 4.78 is 0. The van der Waals surface area contributed by atoms with Crippen LogP contribution in [0.1, 0.15) is 12.8 Å². The predicted octanol–water partition coefficient (Wildman–Crippen LogP) is 1.81. The molecule has 0 unspecified atom stereocenters. The molecule has 0 atom stereocenters. The fourth-order valence-electron chi connectivity index (χ4n) is 1.04. The van der Waals surface area contributed by atoms with Gasteiger partial charge in [-0.25, -0.2) is 0 Å². The van der Waals surface area contributed by atoms with Gasteiger partial charge in [0.15, 0.2) is 0 Å². The van der Waals surface area contributed by atoms with Crippen LogP contribution >= 0.6 is 0 Å². The highest BCUT2D eigenvalue weighted by Gasteiger charge is 2.00. The van der Waals surface area contributed by atoms with Gasteiger partial charge >= 0.3 is 0 Å². The molecule has 0 fully saturated rings. The first-order valence-electron chi connectivity index (χ1n) is 3.50. The van der Waals surface area contributed by atoms with Crippen molar-refractivity contribution in [3.63, 3.8) is 0 Å². The number of hydrogen-bond acceptors (Lipinski definition) is 1. The van der Waals surface area contributed by atoms with Crippen LogP contribution in [0.4, 0.5) is 0 Å². The zero-order chi connectivity index (χ0) is 7.40. The summed E-state index contributed by atoms with van der Waals surface area (Å²) in [6.45, 7) is 4.07. The molecule has 1 nitrogen and oxygen atoms in total. The molecule has 10 heavy (non-hydrogen) atoms. The Bertz CT molecular complexity index is 187. The third kappa shape index (κ3) is 1.58. The lowest BCUT2D eigenvalue weighted by molar-refractivity contribution is 0.300. The third-order valence-corrected chi connectivity index (χ3v) is 1.61. The second kappa shape index (κ2) is 3.37. The van der Waals surface area contributed by atoms with Gasteiger partial charge in [-0.15, -0.1) is 0 Å². The third-order valence-electron chi connectivity index (χ3n) is 1.61. The van der Waals surface area contributed by atoms with E-state index in [0.717, 1.165) is 18.4 Å². The van der Waals surface area contributed by atoms with Crippen molar-refractivity contribution in [2.45, 2.75) is 12.8 Å². The predicted molar refractivity (Wildman–Crippen MR) is 42.7 cm³/mol. The molecule has 1 heteroatoms. The summed E-state index contributed by atoms with van der Waals surface area (Å²) in [5.74, 6) is 0. The molecule has 0 aliphatic heterocycles. The molecule has 0 spiro atoms. The SMILES string of the molecule is C=C1C=CCC=C1CCO. The zero-order valence-electron chi connectivity index (χ0n) is 6.01. The van der Waals surface area contributed by atoms with Crippen molar-refractivity contribution in [2.75, 3.05) is 6.61 Å². The van der Waals surface area contributed by atoms with Crippen molar-refractivity contribution in [1.82, 2.24) is 0 Å². The summed E-state index contributed by atoms with van der Waals surface area (Å²) in [7, 11) is 0. The average Bonchev–Trinajstić information content (AvgIpc) is 1.94. The monoisotopic (exact) mass is 136 g/mol. The van der Waals surface area contributed by atoms with Gasteiger partial charge in [-0.05, 0) is 24.0 Å². The van der Waals surface area contributed by atoms with Gasteiger partial charge in [0.25, 0.3) is 0 Å². The van der Waals surface area contributed by atoms with E-state index in [2.05, 4.69) is 18.7 Å². The Morgan fingerprint density at radius 2 is 2.40 bits per heavy atom. The number of aliphatic hydroxyl groups is 1. The minimum atomic E-state index is 0.221. The summed E-state index contributed by atoms with van der Waals surface area (Å²) in [5.41, 5.74) is 2.23. The number of hydrogen-bond donors (Lipinski definition) is 1. The van der Waals surface area contributed by atoms with Crippen LogP contribution in [-0.2, 0) is 0 Å². The van der Waals surface area contributed by atoms with Gasteiger partial charge in [-0.2, -0.15) is 0 Å². The standard InChI is InChI=1S/C9H12O/c1-8-4-2-3-5-9(8)6-7-10/h2,4-5,10H,1,3,6-7H2. The number of rotatable bonds is 2. The van der Waals surface area contributed by atoms with Crippen molar-refractivity contribution < 1.29 is 5.11 Å². The van der Waals surface area contributed by atoms with Gasteiger partial charge in [0.05, 0.1) is 0 Å². The van der Waals surface area contributed by atoms with Crippen LogP contribution < -0.4 is 0 Å². The fraction of sp³-hybridized carbons (Fsp3) is 0.333. The second-order valence-electron chi connectivity index (χ2n) is 2.37. The molecule has 0 saturated carbocycles. The zero-order valence-corrected chi connectivity index (χ0v) is 6.01. The minimum Gasteiger partial charge on any atom is -0.396 e. The molecule has 1 aliphatic rings. The van der Waals surface area contributed by atoms with Crippen LogP contribution in [0.25, 0.3) is 0 Å². The Balaban J connectivity index is 2.57. The molecule has 1 rings (SSSR count). The van der Waals surface area contributed by atoms with E-state index in [1.807, 2.05) is 6.08 Å². The van der Waals surface area contributed by atoms with E-state index in [9.17, 15) is 0 Å². The van der Waals surface area contributed by atoms with Crippen LogP contribution in [0.15, 0.2) is 36.0 Å². The number of allylic oxidation sites excluding steroid dienone is 4. The Hall–Kier alpha value is -0.820. The maximum Gasteiger partial charge on any atom is 0.0471 e. The van der Waals surface area contributed by atoms with Crippen molar-refractivity contribution in [1.29, 1.82) is 0 Å². The van der Waals surface area contributed by atoms with E-state index < -0.39 is 0 Å². The van der Waals surface area contributed by atoms with Crippen molar-refractivity contribution in [3.8, 4) is 0 Å². The number of aliphatic hydroxyl groups excluding tert-OH is 1. The summed E-state index contributed by atoms with van der Waals surface area (Å²) in [6, 6.07) is 0. The maximum absolute atomic E-state index is 8.63. The Labute approximate surface area is 61.4 Å². The van der Waals surface area contributed by atoms with Crippen molar-refractivity contribution in [3.05, 3.63) is 36.0 Å². The molecular formula is C9H12O. The van der Waals surface area contributed by atoms with E-state index in [4.69, 9.17) is 5.11 Å². The first kappa shape index (κ1) is 7.29. The van der Waals surface area contributed by atoms with Gasteiger partial charge in [0.1, 0.15) is 0 Å². The van der Waals surface area contributed by atoms with Gasteiger partial charge in [0, 0.05) is 6.61 Å². The lowest BCUT2D eigenvalue weighted by atomic mass is 9.99. The highest BCUT2D eigenvalue weighted by atomic mass is 16.2. The minimum absolute atomic E-state index is 0.221. The molecule has 0 bridgehead atoms. The molecule has 0 amide bonds. The molecule has 0 radical (unpaired) electrons. The molecule has 0 aromatic carbocycles. The Kier molecular flexibility index (Phi) is 2.46. The summed E-state index contributed by atoms with van der Waals surface area (Å²) in [5, 5.41) is 8.63. The smallest absolute Gasteiger partial charge is 0.0471 e. The Morgan fingerprint density at radius 1 is 1.60 bits per heavy atom. The summed E-state index contributed by atoms with van der Waals surface area (Å²) in [6.07, 6.45) is 7.91. The van der Waals surface area contributed by atoms with E-state index >= 15 is 0 Å². The van der Waals surface area contributed by atoms with Crippen molar-refractivity contribution >= 4 is 0 Å². The molecule has 0 saturated heterocycles. The molecule has 0 heterocycles. The van der Waals surface area contributed by atoms with Gasteiger partial charge < -0.3 is 5.11 Å². The normalized spacial score (nSPS) is 17.3. The first-order chi connectivity index (χ1) is 4.84.